The maximum Gasteiger partial charge on any atom is 0.307 e. The van der Waals surface area contributed by atoms with Crippen LogP contribution >= 0.6 is 0 Å². The molecule has 6 heteroatoms. The molecular weight excluding hydrogens is 246 g/mol. The summed E-state index contributed by atoms with van der Waals surface area (Å²) in [5, 5.41) is 4.32. The van der Waals surface area contributed by atoms with Crippen LogP contribution in [0.5, 0.6) is 0 Å². The van der Waals surface area contributed by atoms with Crippen molar-refractivity contribution in [2.75, 3.05) is 25.1 Å². The van der Waals surface area contributed by atoms with Gasteiger partial charge in [-0.3, -0.25) is 9.59 Å². The van der Waals surface area contributed by atoms with Gasteiger partial charge in [0.25, 0.3) is 5.56 Å². The summed E-state index contributed by atoms with van der Waals surface area (Å²) >= 11 is 0. The second-order valence-electron chi connectivity index (χ2n) is 4.63. The summed E-state index contributed by atoms with van der Waals surface area (Å²) in [7, 11) is 1.34. The zero-order chi connectivity index (χ0) is 13.7. The van der Waals surface area contributed by atoms with Crippen molar-refractivity contribution in [3.8, 4) is 0 Å². The van der Waals surface area contributed by atoms with Gasteiger partial charge in [-0.2, -0.15) is 5.10 Å². The summed E-state index contributed by atoms with van der Waals surface area (Å²) in [6.45, 7) is 2.21. The van der Waals surface area contributed by atoms with Crippen LogP contribution < -0.4 is 10.5 Å². The van der Waals surface area contributed by atoms with Gasteiger partial charge in [-0.15, -0.1) is 0 Å². The van der Waals surface area contributed by atoms with E-state index < -0.39 is 0 Å². The molecule has 0 spiro atoms. The number of anilines is 1. The molecule has 1 aromatic rings. The number of carbonyl (C=O) groups excluding carboxylic acids is 1. The highest BCUT2D eigenvalue weighted by Gasteiger charge is 2.13. The molecule has 0 atom stereocenters. The van der Waals surface area contributed by atoms with E-state index in [1.165, 1.54) is 24.3 Å². The number of esters is 1. The van der Waals surface area contributed by atoms with E-state index in [1.54, 1.807) is 6.07 Å². The van der Waals surface area contributed by atoms with Crippen molar-refractivity contribution in [2.24, 2.45) is 0 Å². The number of carbonyl (C=O) groups is 1. The third kappa shape index (κ3) is 3.56. The van der Waals surface area contributed by atoms with Gasteiger partial charge in [0, 0.05) is 19.2 Å². The minimum Gasteiger partial charge on any atom is -0.469 e. The Hall–Kier alpha value is -1.85. The summed E-state index contributed by atoms with van der Waals surface area (Å²) in [6, 6.07) is 3.26. The highest BCUT2D eigenvalue weighted by atomic mass is 16.5. The normalized spacial score (nSPS) is 15.3. The van der Waals surface area contributed by atoms with Gasteiger partial charge in [0.15, 0.2) is 0 Å². The Labute approximate surface area is 112 Å². The molecule has 0 bridgehead atoms. The molecule has 1 saturated heterocycles. The average molecular weight is 265 g/mol. The van der Waals surface area contributed by atoms with E-state index in [1.807, 2.05) is 0 Å². The largest absolute Gasteiger partial charge is 0.469 e. The van der Waals surface area contributed by atoms with Crippen molar-refractivity contribution in [1.29, 1.82) is 0 Å². The standard InChI is InChI=1S/C13H19N3O3/c1-19-13(18)7-10-16-12(17)6-5-11(14-16)15-8-3-2-4-9-15/h5-6H,2-4,7-10H2,1H3. The van der Waals surface area contributed by atoms with Crippen LogP contribution in [-0.4, -0.2) is 35.9 Å². The van der Waals surface area contributed by atoms with E-state index >= 15 is 0 Å². The first-order valence-corrected chi connectivity index (χ1v) is 6.60. The molecule has 0 aromatic carbocycles. The number of aryl methyl sites for hydroxylation is 1. The number of piperidine rings is 1. The SMILES string of the molecule is COC(=O)CCn1nc(N2CCCCC2)ccc1=O. The van der Waals surface area contributed by atoms with Crippen LogP contribution in [0.4, 0.5) is 5.82 Å². The Balaban J connectivity index is 2.09. The summed E-state index contributed by atoms with van der Waals surface area (Å²) in [5.41, 5.74) is -0.190. The number of nitrogens with zero attached hydrogens (tertiary/aromatic N) is 3. The van der Waals surface area contributed by atoms with Crippen molar-refractivity contribution >= 4 is 11.8 Å². The minimum absolute atomic E-state index is 0.160. The number of rotatable bonds is 4. The predicted octanol–water partition coefficient (Wildman–Crippen LogP) is 0.797. The van der Waals surface area contributed by atoms with Crippen LogP contribution in [0.15, 0.2) is 16.9 Å². The molecule has 0 amide bonds. The van der Waals surface area contributed by atoms with Gasteiger partial charge in [-0.1, -0.05) is 0 Å². The van der Waals surface area contributed by atoms with Crippen LogP contribution in [0.2, 0.25) is 0 Å². The van der Waals surface area contributed by atoms with E-state index in [9.17, 15) is 9.59 Å². The zero-order valence-corrected chi connectivity index (χ0v) is 11.2. The molecule has 0 N–H and O–H groups in total. The molecule has 1 fully saturated rings. The van der Waals surface area contributed by atoms with Gasteiger partial charge in [0.05, 0.1) is 20.1 Å². The number of ether oxygens (including phenoxy) is 1. The maximum absolute atomic E-state index is 11.7. The van der Waals surface area contributed by atoms with E-state index in [-0.39, 0.29) is 24.5 Å². The average Bonchev–Trinajstić information content (AvgIpc) is 2.47. The molecule has 6 nitrogen and oxygen atoms in total. The lowest BCUT2D eigenvalue weighted by atomic mass is 10.1. The van der Waals surface area contributed by atoms with E-state index in [0.717, 1.165) is 31.7 Å². The topological polar surface area (TPSA) is 64.4 Å². The number of hydrogen-bond donors (Lipinski definition) is 0. The predicted molar refractivity (Wildman–Crippen MR) is 71.2 cm³/mol. The molecule has 104 valence electrons. The van der Waals surface area contributed by atoms with Crippen LogP contribution in [-0.2, 0) is 16.1 Å². The molecule has 19 heavy (non-hydrogen) atoms. The molecule has 0 radical (unpaired) electrons. The third-order valence-electron chi connectivity index (χ3n) is 3.29. The first-order chi connectivity index (χ1) is 9.20. The smallest absolute Gasteiger partial charge is 0.307 e. The monoisotopic (exact) mass is 265 g/mol. The Kier molecular flexibility index (Phi) is 4.54. The van der Waals surface area contributed by atoms with Gasteiger partial charge in [-0.05, 0) is 25.3 Å². The minimum atomic E-state index is -0.336. The van der Waals surface area contributed by atoms with E-state index in [2.05, 4.69) is 14.7 Å². The summed E-state index contributed by atoms with van der Waals surface area (Å²) in [5.74, 6) is 0.473. The van der Waals surface area contributed by atoms with E-state index in [4.69, 9.17) is 0 Å². The van der Waals surface area contributed by atoms with Crippen molar-refractivity contribution in [2.45, 2.75) is 32.2 Å². The molecule has 2 rings (SSSR count). The Morgan fingerprint density at radius 3 is 2.74 bits per heavy atom. The van der Waals surface area contributed by atoms with Crippen molar-refractivity contribution in [3.63, 3.8) is 0 Å². The fraction of sp³-hybridized carbons (Fsp3) is 0.615. The van der Waals surface area contributed by atoms with Crippen LogP contribution in [0.1, 0.15) is 25.7 Å². The van der Waals surface area contributed by atoms with Gasteiger partial charge in [0.1, 0.15) is 5.82 Å². The molecule has 1 aromatic heterocycles. The van der Waals surface area contributed by atoms with Crippen molar-refractivity contribution < 1.29 is 9.53 Å². The summed E-state index contributed by atoms with van der Waals surface area (Å²) in [6.07, 6.45) is 3.72. The molecule has 0 aliphatic carbocycles. The first-order valence-electron chi connectivity index (χ1n) is 6.60. The molecule has 0 unspecified atom stereocenters. The Bertz CT molecular complexity index is 492. The lowest BCUT2D eigenvalue weighted by Gasteiger charge is -2.27. The van der Waals surface area contributed by atoms with Crippen LogP contribution in [0.25, 0.3) is 0 Å². The first kappa shape index (κ1) is 13.6. The lowest BCUT2D eigenvalue weighted by molar-refractivity contribution is -0.140. The third-order valence-corrected chi connectivity index (χ3v) is 3.29. The quantitative estimate of drug-likeness (QED) is 0.753. The number of methoxy groups -OCH3 is 1. The highest BCUT2D eigenvalue weighted by molar-refractivity contribution is 5.68. The molecule has 0 saturated carbocycles. The second kappa shape index (κ2) is 6.36. The van der Waals surface area contributed by atoms with Crippen LogP contribution in [0.3, 0.4) is 0 Å². The maximum atomic E-state index is 11.7. The fourth-order valence-electron chi connectivity index (χ4n) is 2.19. The molecule has 1 aliphatic rings. The molecule has 2 heterocycles. The summed E-state index contributed by atoms with van der Waals surface area (Å²) < 4.78 is 5.90. The van der Waals surface area contributed by atoms with E-state index in [0.29, 0.717) is 0 Å². The Morgan fingerprint density at radius 2 is 2.05 bits per heavy atom. The van der Waals surface area contributed by atoms with Crippen molar-refractivity contribution in [1.82, 2.24) is 9.78 Å². The molecule has 1 aliphatic heterocycles. The molecular formula is C13H19N3O3. The zero-order valence-electron chi connectivity index (χ0n) is 11.2. The second-order valence-corrected chi connectivity index (χ2v) is 4.63. The fourth-order valence-corrected chi connectivity index (χ4v) is 2.19. The number of aromatic nitrogens is 2. The van der Waals surface area contributed by atoms with Gasteiger partial charge < -0.3 is 9.64 Å². The highest BCUT2D eigenvalue weighted by Crippen LogP contribution is 2.15. The summed E-state index contributed by atoms with van der Waals surface area (Å²) in [4.78, 5) is 25.0. The van der Waals surface area contributed by atoms with Gasteiger partial charge >= 0.3 is 5.97 Å². The van der Waals surface area contributed by atoms with Gasteiger partial charge in [-0.25, -0.2) is 4.68 Å². The number of hydrogen-bond acceptors (Lipinski definition) is 5. The Morgan fingerprint density at radius 1 is 1.32 bits per heavy atom. The van der Waals surface area contributed by atoms with Crippen molar-refractivity contribution in [3.05, 3.63) is 22.5 Å². The van der Waals surface area contributed by atoms with Crippen LogP contribution in [0, 0.1) is 0 Å². The lowest BCUT2D eigenvalue weighted by Crippen LogP contribution is -2.33. The van der Waals surface area contributed by atoms with Gasteiger partial charge in [0.2, 0.25) is 0 Å².